The van der Waals surface area contributed by atoms with Gasteiger partial charge in [0.2, 0.25) is 11.8 Å². The molecule has 8 heteroatoms. The third kappa shape index (κ3) is 4.95. The molecule has 1 atom stereocenters. The smallest absolute Gasteiger partial charge is 0.238 e. The van der Waals surface area contributed by atoms with E-state index >= 15 is 0 Å². The number of nitrogens with one attached hydrogen (secondary N) is 1. The lowest BCUT2D eigenvalue weighted by molar-refractivity contribution is -0.134. The third-order valence-electron chi connectivity index (χ3n) is 5.28. The van der Waals surface area contributed by atoms with Gasteiger partial charge in [-0.2, -0.15) is 5.10 Å². The normalized spacial score (nSPS) is 17.2. The lowest BCUT2D eigenvalue weighted by atomic mass is 10.0. The van der Waals surface area contributed by atoms with E-state index in [1.165, 1.54) is 0 Å². The van der Waals surface area contributed by atoms with Crippen LogP contribution in [0.2, 0.25) is 0 Å². The second-order valence-electron chi connectivity index (χ2n) is 7.27. The van der Waals surface area contributed by atoms with Gasteiger partial charge in [-0.05, 0) is 31.5 Å². The molecule has 0 bridgehead atoms. The van der Waals surface area contributed by atoms with Crippen LogP contribution in [0.1, 0.15) is 31.1 Å². The second kappa shape index (κ2) is 9.09. The Kier molecular flexibility index (Phi) is 6.53. The highest BCUT2D eigenvalue weighted by molar-refractivity contribution is 5.92. The summed E-state index contributed by atoms with van der Waals surface area (Å²) < 4.78 is 7.03. The molecule has 1 aromatic heterocycles. The quantitative estimate of drug-likeness (QED) is 0.804. The monoisotopic (exact) mass is 399 g/mol. The van der Waals surface area contributed by atoms with Crippen LogP contribution in [0.3, 0.4) is 0 Å². The first-order valence-corrected chi connectivity index (χ1v) is 9.88. The molecule has 0 aliphatic carbocycles. The van der Waals surface area contributed by atoms with Crippen LogP contribution in [0.5, 0.6) is 5.75 Å². The molecule has 2 amide bonds. The minimum Gasteiger partial charge on any atom is -0.497 e. The number of benzene rings is 1. The molecule has 1 fully saturated rings. The second-order valence-corrected chi connectivity index (χ2v) is 7.27. The summed E-state index contributed by atoms with van der Waals surface area (Å²) in [6.45, 7) is 8.36. The van der Waals surface area contributed by atoms with E-state index in [4.69, 9.17) is 4.74 Å². The van der Waals surface area contributed by atoms with Crippen molar-refractivity contribution in [1.29, 1.82) is 0 Å². The highest BCUT2D eigenvalue weighted by Crippen LogP contribution is 2.27. The van der Waals surface area contributed by atoms with Crippen molar-refractivity contribution >= 4 is 17.5 Å². The number of amides is 2. The number of methoxy groups -OCH3 is 1. The van der Waals surface area contributed by atoms with E-state index in [0.29, 0.717) is 19.6 Å². The highest BCUT2D eigenvalue weighted by Gasteiger charge is 2.30. The van der Waals surface area contributed by atoms with E-state index in [0.717, 1.165) is 29.2 Å². The summed E-state index contributed by atoms with van der Waals surface area (Å²) in [7, 11) is 1.63. The Bertz CT molecular complexity index is 862. The molecule has 2 heterocycles. The fraction of sp³-hybridized carbons (Fsp3) is 0.476. The van der Waals surface area contributed by atoms with Gasteiger partial charge in [-0.15, -0.1) is 0 Å². The van der Waals surface area contributed by atoms with E-state index in [9.17, 15) is 9.59 Å². The van der Waals surface area contributed by atoms with Gasteiger partial charge >= 0.3 is 0 Å². The zero-order valence-electron chi connectivity index (χ0n) is 17.5. The first-order valence-electron chi connectivity index (χ1n) is 9.88. The maximum absolute atomic E-state index is 12.6. The molecule has 1 N–H and O–H groups in total. The molecule has 156 valence electrons. The lowest BCUT2D eigenvalue weighted by Gasteiger charge is -2.41. The molecular weight excluding hydrogens is 370 g/mol. The predicted octanol–water partition coefficient (Wildman–Crippen LogP) is 2.06. The number of aryl methyl sites for hydroxylation is 2. The van der Waals surface area contributed by atoms with Gasteiger partial charge < -0.3 is 15.0 Å². The molecule has 29 heavy (non-hydrogen) atoms. The van der Waals surface area contributed by atoms with Crippen LogP contribution < -0.4 is 10.1 Å². The van der Waals surface area contributed by atoms with Gasteiger partial charge in [0.05, 0.1) is 31.1 Å². The van der Waals surface area contributed by atoms with Gasteiger partial charge in [0, 0.05) is 39.3 Å². The van der Waals surface area contributed by atoms with Gasteiger partial charge in [0.15, 0.2) is 0 Å². The van der Waals surface area contributed by atoms with Crippen molar-refractivity contribution in [2.45, 2.75) is 33.4 Å². The van der Waals surface area contributed by atoms with Crippen molar-refractivity contribution < 1.29 is 14.3 Å². The van der Waals surface area contributed by atoms with Gasteiger partial charge in [-0.3, -0.25) is 19.2 Å². The van der Waals surface area contributed by atoms with Crippen LogP contribution in [-0.4, -0.2) is 64.7 Å². The topological polar surface area (TPSA) is 79.7 Å². The molecule has 0 radical (unpaired) electrons. The average Bonchev–Trinajstić information content (AvgIpc) is 3.07. The number of hydrogen-bond donors (Lipinski definition) is 1. The van der Waals surface area contributed by atoms with Crippen molar-refractivity contribution in [2.24, 2.45) is 0 Å². The molecule has 0 spiro atoms. The molecule has 1 aliphatic heterocycles. The van der Waals surface area contributed by atoms with Crippen molar-refractivity contribution in [1.82, 2.24) is 19.6 Å². The number of aromatic nitrogens is 2. The number of carbonyl (C=O) groups is 2. The molecule has 0 unspecified atom stereocenters. The number of ether oxygens (including phenoxy) is 1. The first-order chi connectivity index (χ1) is 13.9. The Labute approximate surface area is 171 Å². The van der Waals surface area contributed by atoms with Crippen molar-refractivity contribution in [3.8, 4) is 5.75 Å². The van der Waals surface area contributed by atoms with Gasteiger partial charge in [-0.25, -0.2) is 0 Å². The fourth-order valence-electron chi connectivity index (χ4n) is 3.67. The molecule has 1 saturated heterocycles. The molecule has 0 saturated carbocycles. The summed E-state index contributed by atoms with van der Waals surface area (Å²) in [6.07, 6.45) is 1.85. The summed E-state index contributed by atoms with van der Waals surface area (Å²) in [5.74, 6) is 0.740. The number of anilines is 1. The van der Waals surface area contributed by atoms with Crippen molar-refractivity contribution in [3.05, 3.63) is 41.7 Å². The van der Waals surface area contributed by atoms with Crippen LogP contribution in [0, 0.1) is 6.92 Å². The van der Waals surface area contributed by atoms with Crippen LogP contribution in [-0.2, 0) is 16.1 Å². The lowest BCUT2D eigenvalue weighted by Crippen LogP contribution is -2.51. The standard InChI is InChI=1S/C21H29N5O3/c1-5-25-12-19(15(2)23-25)22-21(28)14-24-10-11-26(16(3)27)20(13-24)17-6-8-18(29-4)9-7-17/h6-9,12,20H,5,10-11,13-14H2,1-4H3,(H,22,28)/t20-/m1/s1. The Hall–Kier alpha value is -2.87. The molecule has 8 nitrogen and oxygen atoms in total. The van der Waals surface area contributed by atoms with Gasteiger partial charge in [0.25, 0.3) is 0 Å². The van der Waals surface area contributed by atoms with Crippen molar-refractivity contribution in [3.63, 3.8) is 0 Å². The van der Waals surface area contributed by atoms with Gasteiger partial charge in [0.1, 0.15) is 5.75 Å². The minimum absolute atomic E-state index is 0.0394. The number of hydrogen-bond acceptors (Lipinski definition) is 5. The zero-order chi connectivity index (χ0) is 21.0. The largest absolute Gasteiger partial charge is 0.497 e. The number of piperazine rings is 1. The minimum atomic E-state index is -0.0930. The summed E-state index contributed by atoms with van der Waals surface area (Å²) in [5, 5.41) is 7.31. The highest BCUT2D eigenvalue weighted by atomic mass is 16.5. The zero-order valence-corrected chi connectivity index (χ0v) is 17.5. The maximum atomic E-state index is 12.6. The van der Waals surface area contributed by atoms with Crippen LogP contribution in [0.15, 0.2) is 30.5 Å². The summed E-state index contributed by atoms with van der Waals surface area (Å²) in [5.41, 5.74) is 2.58. The summed E-state index contributed by atoms with van der Waals surface area (Å²) >= 11 is 0. The Balaban J connectivity index is 1.67. The number of rotatable bonds is 6. The predicted molar refractivity (Wildman–Crippen MR) is 111 cm³/mol. The number of nitrogens with zero attached hydrogens (tertiary/aromatic N) is 4. The van der Waals surface area contributed by atoms with E-state index < -0.39 is 0 Å². The van der Waals surface area contributed by atoms with E-state index in [2.05, 4.69) is 15.3 Å². The molecule has 1 aromatic carbocycles. The fourth-order valence-corrected chi connectivity index (χ4v) is 3.67. The third-order valence-corrected chi connectivity index (χ3v) is 5.28. The molecular formula is C21H29N5O3. The molecule has 1 aliphatic rings. The average molecular weight is 399 g/mol. The SMILES string of the molecule is CCn1cc(NC(=O)CN2CCN(C(C)=O)[C@@H](c3ccc(OC)cc3)C2)c(C)n1. The summed E-state index contributed by atoms with van der Waals surface area (Å²) in [4.78, 5) is 28.7. The van der Waals surface area contributed by atoms with Crippen molar-refractivity contribution in [2.75, 3.05) is 38.6 Å². The Morgan fingerprint density at radius 2 is 1.97 bits per heavy atom. The summed E-state index contributed by atoms with van der Waals surface area (Å²) in [6, 6.07) is 7.65. The Morgan fingerprint density at radius 3 is 2.55 bits per heavy atom. The van der Waals surface area contributed by atoms with E-state index in [1.54, 1.807) is 18.7 Å². The van der Waals surface area contributed by atoms with E-state index in [1.807, 2.05) is 49.2 Å². The Morgan fingerprint density at radius 1 is 1.24 bits per heavy atom. The van der Waals surface area contributed by atoms with Crippen LogP contribution in [0.4, 0.5) is 5.69 Å². The maximum Gasteiger partial charge on any atom is 0.238 e. The van der Waals surface area contributed by atoms with E-state index in [-0.39, 0.29) is 24.4 Å². The number of carbonyl (C=O) groups excluding carboxylic acids is 2. The molecule has 3 rings (SSSR count). The van der Waals surface area contributed by atoms with Gasteiger partial charge in [-0.1, -0.05) is 12.1 Å². The van der Waals surface area contributed by atoms with Crippen LogP contribution >= 0.6 is 0 Å². The molecule has 2 aromatic rings. The first kappa shape index (κ1) is 20.9. The van der Waals surface area contributed by atoms with Crippen LogP contribution in [0.25, 0.3) is 0 Å².